The fraction of sp³-hybridized carbons (Fsp3) is 0.350. The third-order valence-corrected chi connectivity index (χ3v) is 5.06. The molecule has 0 saturated carbocycles. The molecule has 0 unspecified atom stereocenters. The van der Waals surface area contributed by atoms with E-state index in [1.165, 1.54) is 17.7 Å². The van der Waals surface area contributed by atoms with Crippen LogP contribution < -0.4 is 0 Å². The molecule has 1 aliphatic rings. The van der Waals surface area contributed by atoms with Crippen molar-refractivity contribution in [3.63, 3.8) is 0 Å². The van der Waals surface area contributed by atoms with Crippen molar-refractivity contribution in [2.75, 3.05) is 13.7 Å². The van der Waals surface area contributed by atoms with Crippen LogP contribution in [0.25, 0.3) is 10.9 Å². The van der Waals surface area contributed by atoms with Crippen molar-refractivity contribution in [3.05, 3.63) is 65.6 Å². The Labute approximate surface area is 146 Å². The third kappa shape index (κ3) is 3.57. The molecule has 0 bridgehead atoms. The summed E-state index contributed by atoms with van der Waals surface area (Å²) in [5.41, 5.74) is 3.39. The Morgan fingerprint density at radius 1 is 1.24 bits per heavy atom. The van der Waals surface area contributed by atoms with Gasteiger partial charge in [-0.1, -0.05) is 24.3 Å². The number of aromatic nitrogens is 2. The molecule has 1 saturated heterocycles. The highest BCUT2D eigenvalue weighted by atomic mass is 19.1. The number of rotatable bonds is 4. The van der Waals surface area contributed by atoms with Gasteiger partial charge in [0.25, 0.3) is 0 Å². The summed E-state index contributed by atoms with van der Waals surface area (Å²) in [6, 6.07) is 13.5. The van der Waals surface area contributed by atoms with Crippen molar-refractivity contribution in [1.29, 1.82) is 0 Å². The normalized spacial score (nSPS) is 21.1. The van der Waals surface area contributed by atoms with E-state index >= 15 is 0 Å². The highest BCUT2D eigenvalue weighted by Gasteiger charge is 2.26. The van der Waals surface area contributed by atoms with E-state index in [1.54, 1.807) is 0 Å². The molecule has 3 aromatic rings. The maximum absolute atomic E-state index is 13.1. The number of H-pyrrole nitrogens is 1. The standard InChI is InChI=1S/C20H22FN3O/c1-24(13-14-2-3-16-12-22-23-19(16)10-14)18-8-9-25-20(11-18)15-4-6-17(21)7-5-15/h2-7,10,12,18,20H,8-9,11,13H2,1H3,(H,22,23)/t18-,20+/m1/s1. The minimum absolute atomic E-state index is 0.0388. The molecule has 2 atom stereocenters. The zero-order valence-electron chi connectivity index (χ0n) is 14.3. The number of fused-ring (bicyclic) bond motifs is 1. The number of nitrogens with zero attached hydrogens (tertiary/aromatic N) is 2. The molecule has 0 aliphatic carbocycles. The van der Waals surface area contributed by atoms with Crippen LogP contribution in [0.3, 0.4) is 0 Å². The minimum atomic E-state index is -0.206. The van der Waals surface area contributed by atoms with Crippen LogP contribution in [0.5, 0.6) is 0 Å². The minimum Gasteiger partial charge on any atom is -0.373 e. The van der Waals surface area contributed by atoms with Gasteiger partial charge in [0.2, 0.25) is 0 Å². The van der Waals surface area contributed by atoms with E-state index < -0.39 is 0 Å². The number of nitrogens with one attached hydrogen (secondary N) is 1. The molecular formula is C20H22FN3O. The molecule has 4 rings (SSSR count). The first-order valence-corrected chi connectivity index (χ1v) is 8.68. The van der Waals surface area contributed by atoms with Crippen molar-refractivity contribution in [3.8, 4) is 0 Å². The van der Waals surface area contributed by atoms with E-state index in [9.17, 15) is 4.39 Å². The lowest BCUT2D eigenvalue weighted by Crippen LogP contribution is -2.37. The van der Waals surface area contributed by atoms with Crippen LogP contribution in [-0.2, 0) is 11.3 Å². The van der Waals surface area contributed by atoms with Gasteiger partial charge in [-0.3, -0.25) is 10.00 Å². The van der Waals surface area contributed by atoms with Crippen LogP contribution >= 0.6 is 0 Å². The monoisotopic (exact) mass is 339 g/mol. The zero-order valence-corrected chi connectivity index (χ0v) is 14.3. The van der Waals surface area contributed by atoms with Gasteiger partial charge in [-0.2, -0.15) is 5.10 Å². The maximum Gasteiger partial charge on any atom is 0.123 e. The van der Waals surface area contributed by atoms with Gasteiger partial charge in [0.15, 0.2) is 0 Å². The second-order valence-corrected chi connectivity index (χ2v) is 6.80. The Bertz CT molecular complexity index is 846. The van der Waals surface area contributed by atoms with Crippen LogP contribution in [0.15, 0.2) is 48.7 Å². The van der Waals surface area contributed by atoms with Gasteiger partial charge in [0, 0.05) is 24.6 Å². The summed E-state index contributed by atoms with van der Waals surface area (Å²) in [5.74, 6) is -0.206. The molecule has 130 valence electrons. The smallest absolute Gasteiger partial charge is 0.123 e. The first-order chi connectivity index (χ1) is 12.2. The van der Waals surface area contributed by atoms with Gasteiger partial charge in [0.1, 0.15) is 5.82 Å². The molecule has 4 nitrogen and oxygen atoms in total. The van der Waals surface area contributed by atoms with Crippen molar-refractivity contribution in [1.82, 2.24) is 15.1 Å². The molecule has 2 heterocycles. The molecule has 0 amide bonds. The van der Waals surface area contributed by atoms with Crippen LogP contribution in [-0.4, -0.2) is 34.8 Å². The lowest BCUT2D eigenvalue weighted by Gasteiger charge is -2.35. The van der Waals surface area contributed by atoms with Crippen LogP contribution in [0.2, 0.25) is 0 Å². The average molecular weight is 339 g/mol. The average Bonchev–Trinajstić information content (AvgIpc) is 3.10. The number of ether oxygens (including phenoxy) is 1. The molecule has 0 spiro atoms. The highest BCUT2D eigenvalue weighted by Crippen LogP contribution is 2.31. The van der Waals surface area contributed by atoms with E-state index in [4.69, 9.17) is 4.74 Å². The Balaban J connectivity index is 1.44. The SMILES string of the molecule is CN(Cc1ccc2cn[nH]c2c1)[C@@H]1CCO[C@H](c2ccc(F)cc2)C1. The largest absolute Gasteiger partial charge is 0.373 e. The Morgan fingerprint density at radius 2 is 2.08 bits per heavy atom. The lowest BCUT2D eigenvalue weighted by atomic mass is 9.96. The van der Waals surface area contributed by atoms with Gasteiger partial charge in [-0.05, 0) is 49.2 Å². The molecule has 1 N–H and O–H groups in total. The Morgan fingerprint density at radius 3 is 2.92 bits per heavy atom. The predicted octanol–water partition coefficient (Wildman–Crippen LogP) is 4.05. The summed E-state index contributed by atoms with van der Waals surface area (Å²) in [4.78, 5) is 2.39. The molecule has 1 fully saturated rings. The lowest BCUT2D eigenvalue weighted by molar-refractivity contribution is -0.0249. The van der Waals surface area contributed by atoms with E-state index in [1.807, 2.05) is 18.3 Å². The second-order valence-electron chi connectivity index (χ2n) is 6.80. The van der Waals surface area contributed by atoms with E-state index in [0.717, 1.165) is 42.5 Å². The Kier molecular flexibility index (Phi) is 4.51. The summed E-state index contributed by atoms with van der Waals surface area (Å²) >= 11 is 0. The van der Waals surface area contributed by atoms with Crippen LogP contribution in [0, 0.1) is 5.82 Å². The predicted molar refractivity (Wildman–Crippen MR) is 95.7 cm³/mol. The molecule has 1 aromatic heterocycles. The van der Waals surface area contributed by atoms with E-state index in [0.29, 0.717) is 6.04 Å². The molecule has 2 aromatic carbocycles. The van der Waals surface area contributed by atoms with Gasteiger partial charge in [0.05, 0.1) is 17.8 Å². The zero-order chi connectivity index (χ0) is 17.2. The second kappa shape index (κ2) is 6.94. The fourth-order valence-corrected chi connectivity index (χ4v) is 3.59. The number of benzene rings is 2. The van der Waals surface area contributed by atoms with Crippen LogP contribution in [0.1, 0.15) is 30.1 Å². The first-order valence-electron chi connectivity index (χ1n) is 8.68. The number of hydrogen-bond donors (Lipinski definition) is 1. The topological polar surface area (TPSA) is 41.2 Å². The molecular weight excluding hydrogens is 317 g/mol. The van der Waals surface area contributed by atoms with Gasteiger partial charge < -0.3 is 4.74 Å². The highest BCUT2D eigenvalue weighted by molar-refractivity contribution is 5.78. The summed E-state index contributed by atoms with van der Waals surface area (Å²) in [5, 5.41) is 8.24. The summed E-state index contributed by atoms with van der Waals surface area (Å²) in [6.45, 7) is 1.62. The van der Waals surface area contributed by atoms with Crippen LogP contribution in [0.4, 0.5) is 4.39 Å². The summed E-state index contributed by atoms with van der Waals surface area (Å²) in [6.07, 6.45) is 3.82. The van der Waals surface area contributed by atoms with Crippen molar-refractivity contribution in [2.45, 2.75) is 31.5 Å². The van der Waals surface area contributed by atoms with Gasteiger partial charge in [-0.15, -0.1) is 0 Å². The quantitative estimate of drug-likeness (QED) is 0.779. The van der Waals surface area contributed by atoms with E-state index in [2.05, 4.69) is 40.3 Å². The van der Waals surface area contributed by atoms with E-state index in [-0.39, 0.29) is 11.9 Å². The third-order valence-electron chi connectivity index (χ3n) is 5.06. The van der Waals surface area contributed by atoms with Crippen molar-refractivity contribution in [2.24, 2.45) is 0 Å². The van der Waals surface area contributed by atoms with Crippen molar-refractivity contribution < 1.29 is 9.13 Å². The molecule has 1 aliphatic heterocycles. The van der Waals surface area contributed by atoms with Crippen molar-refractivity contribution >= 4 is 10.9 Å². The first kappa shape index (κ1) is 16.2. The number of hydrogen-bond acceptors (Lipinski definition) is 3. The van der Waals surface area contributed by atoms with Gasteiger partial charge in [-0.25, -0.2) is 4.39 Å². The Hall–Kier alpha value is -2.24. The molecule has 5 heteroatoms. The number of aromatic amines is 1. The molecule has 0 radical (unpaired) electrons. The summed E-state index contributed by atoms with van der Waals surface area (Å²) < 4.78 is 19.1. The fourth-order valence-electron chi connectivity index (χ4n) is 3.59. The molecule has 25 heavy (non-hydrogen) atoms. The van der Waals surface area contributed by atoms with Gasteiger partial charge >= 0.3 is 0 Å². The number of halogens is 1. The maximum atomic E-state index is 13.1. The summed E-state index contributed by atoms with van der Waals surface area (Å²) in [7, 11) is 2.16.